The van der Waals surface area contributed by atoms with Gasteiger partial charge in [0.2, 0.25) is 0 Å². The first-order valence-electron chi connectivity index (χ1n) is 7.11. The molecule has 0 radical (unpaired) electrons. The van der Waals surface area contributed by atoms with Crippen LogP contribution in [-0.2, 0) is 0 Å². The Labute approximate surface area is 123 Å². The molecule has 114 valence electrons. The van der Waals surface area contributed by atoms with Crippen LogP contribution in [0, 0.1) is 16.0 Å². The van der Waals surface area contributed by atoms with E-state index >= 15 is 0 Å². The molecule has 1 aliphatic heterocycles. The number of nitrogens with zero attached hydrogens (tertiary/aromatic N) is 2. The van der Waals surface area contributed by atoms with E-state index in [1.807, 2.05) is 0 Å². The number of para-hydroxylation sites is 1. The number of amides is 1. The van der Waals surface area contributed by atoms with Gasteiger partial charge in [-0.3, -0.25) is 20.8 Å². The summed E-state index contributed by atoms with van der Waals surface area (Å²) in [7, 11) is 0. The van der Waals surface area contributed by atoms with Crippen molar-refractivity contribution in [3.63, 3.8) is 0 Å². The topological polar surface area (TPSA) is 102 Å². The van der Waals surface area contributed by atoms with Gasteiger partial charge < -0.3 is 10.3 Å². The first kappa shape index (κ1) is 15.2. The maximum atomic E-state index is 12.6. The van der Waals surface area contributed by atoms with Crippen LogP contribution in [0.3, 0.4) is 0 Å². The molecule has 21 heavy (non-hydrogen) atoms. The van der Waals surface area contributed by atoms with Crippen molar-refractivity contribution in [3.8, 4) is 0 Å². The summed E-state index contributed by atoms with van der Waals surface area (Å²) in [5.74, 6) is 5.83. The van der Waals surface area contributed by atoms with Crippen molar-refractivity contribution in [1.29, 1.82) is 0 Å². The number of nitrogens with two attached hydrogens (primary N) is 1. The number of carbonyl (C=O) groups is 1. The molecule has 1 saturated heterocycles. The number of nitro benzene ring substituents is 1. The molecule has 3 N–H and O–H groups in total. The smallest absolute Gasteiger partial charge is 0.294 e. The lowest BCUT2D eigenvalue weighted by atomic mass is 9.94. The van der Waals surface area contributed by atoms with Gasteiger partial charge >= 0.3 is 0 Å². The lowest BCUT2D eigenvalue weighted by molar-refractivity contribution is -0.384. The van der Waals surface area contributed by atoms with Crippen LogP contribution in [0.4, 0.5) is 11.4 Å². The highest BCUT2D eigenvalue weighted by molar-refractivity contribution is 6.01. The molecular formula is C14H20N4O3. The zero-order valence-electron chi connectivity index (χ0n) is 12.0. The Balaban J connectivity index is 2.24. The van der Waals surface area contributed by atoms with Crippen molar-refractivity contribution in [1.82, 2.24) is 4.90 Å². The number of hydrazine groups is 1. The zero-order chi connectivity index (χ0) is 15.4. The molecule has 0 atom stereocenters. The molecule has 1 aromatic carbocycles. The average Bonchev–Trinajstić information content (AvgIpc) is 2.53. The van der Waals surface area contributed by atoms with E-state index in [0.717, 1.165) is 19.3 Å². The third-order valence-electron chi connectivity index (χ3n) is 4.09. The molecule has 0 aromatic heterocycles. The third-order valence-corrected chi connectivity index (χ3v) is 4.09. The van der Waals surface area contributed by atoms with Gasteiger partial charge in [-0.2, -0.15) is 0 Å². The molecular weight excluding hydrogens is 272 g/mol. The number of hydrogen-bond acceptors (Lipinski definition) is 5. The summed E-state index contributed by atoms with van der Waals surface area (Å²) in [6.07, 6.45) is 3.07. The fraction of sp³-hybridized carbons (Fsp3) is 0.500. The van der Waals surface area contributed by atoms with E-state index in [4.69, 9.17) is 5.84 Å². The minimum atomic E-state index is -0.546. The van der Waals surface area contributed by atoms with E-state index in [1.165, 1.54) is 12.1 Å². The van der Waals surface area contributed by atoms with Crippen LogP contribution in [-0.4, -0.2) is 28.8 Å². The number of nitrogens with one attached hydrogen (secondary N) is 1. The number of nitro groups is 1. The summed E-state index contributed by atoms with van der Waals surface area (Å²) >= 11 is 0. The molecule has 0 bridgehead atoms. The monoisotopic (exact) mass is 292 g/mol. The van der Waals surface area contributed by atoms with Crippen LogP contribution in [0.25, 0.3) is 0 Å². The van der Waals surface area contributed by atoms with Gasteiger partial charge in [-0.25, -0.2) is 0 Å². The van der Waals surface area contributed by atoms with Gasteiger partial charge in [0.15, 0.2) is 0 Å². The summed E-state index contributed by atoms with van der Waals surface area (Å²) in [5.41, 5.74) is 2.43. The molecule has 1 aromatic rings. The number of rotatable bonds is 4. The average molecular weight is 292 g/mol. The molecule has 0 aliphatic carbocycles. The maximum absolute atomic E-state index is 12.6. The molecule has 2 rings (SSSR count). The highest BCUT2D eigenvalue weighted by Crippen LogP contribution is 2.29. The fourth-order valence-corrected chi connectivity index (χ4v) is 2.74. The molecule has 7 nitrogen and oxygen atoms in total. The number of piperidine rings is 1. The standard InChI is InChI=1S/C14H20N4O3/c1-2-10-6-8-17(9-7-10)14(19)11-4-3-5-12(18(20)21)13(11)16-15/h3-5,10,16H,2,6-9,15H2,1H3. The van der Waals surface area contributed by atoms with Crippen LogP contribution in [0.15, 0.2) is 18.2 Å². The van der Waals surface area contributed by atoms with Crippen LogP contribution in [0.1, 0.15) is 36.5 Å². The van der Waals surface area contributed by atoms with Gasteiger partial charge in [0.25, 0.3) is 11.6 Å². The normalized spacial score (nSPS) is 15.8. The van der Waals surface area contributed by atoms with Gasteiger partial charge in [-0.15, -0.1) is 0 Å². The summed E-state index contributed by atoms with van der Waals surface area (Å²) in [5, 5.41) is 11.0. The van der Waals surface area contributed by atoms with E-state index in [9.17, 15) is 14.9 Å². The van der Waals surface area contributed by atoms with Crippen LogP contribution in [0.2, 0.25) is 0 Å². The van der Waals surface area contributed by atoms with Crippen molar-refractivity contribution in [2.45, 2.75) is 26.2 Å². The predicted molar refractivity (Wildman–Crippen MR) is 79.8 cm³/mol. The van der Waals surface area contributed by atoms with Crippen LogP contribution in [0.5, 0.6) is 0 Å². The Morgan fingerprint density at radius 2 is 2.14 bits per heavy atom. The quantitative estimate of drug-likeness (QED) is 0.503. The second-order valence-corrected chi connectivity index (χ2v) is 5.24. The van der Waals surface area contributed by atoms with Crippen molar-refractivity contribution in [2.75, 3.05) is 18.5 Å². The molecule has 1 amide bonds. The molecule has 0 spiro atoms. The first-order chi connectivity index (χ1) is 10.1. The van der Waals surface area contributed by atoms with Crippen molar-refractivity contribution >= 4 is 17.3 Å². The number of carbonyl (C=O) groups excluding carboxylic acids is 1. The Morgan fingerprint density at radius 3 is 2.67 bits per heavy atom. The summed E-state index contributed by atoms with van der Waals surface area (Å²) in [6, 6.07) is 4.40. The first-order valence-corrected chi connectivity index (χ1v) is 7.11. The summed E-state index contributed by atoms with van der Waals surface area (Å²) in [6.45, 7) is 3.52. The van der Waals surface area contributed by atoms with Crippen LogP contribution < -0.4 is 11.3 Å². The molecule has 1 heterocycles. The van der Waals surface area contributed by atoms with Gasteiger partial charge in [0, 0.05) is 19.2 Å². The van der Waals surface area contributed by atoms with E-state index in [-0.39, 0.29) is 22.8 Å². The number of likely N-dealkylation sites (tertiary alicyclic amines) is 1. The van der Waals surface area contributed by atoms with Gasteiger partial charge in [-0.05, 0) is 24.8 Å². The van der Waals surface area contributed by atoms with Gasteiger partial charge in [-0.1, -0.05) is 19.4 Å². The summed E-state index contributed by atoms with van der Waals surface area (Å²) < 4.78 is 0. The number of anilines is 1. The third kappa shape index (κ3) is 3.13. The molecule has 0 saturated carbocycles. The van der Waals surface area contributed by atoms with E-state index in [0.29, 0.717) is 19.0 Å². The maximum Gasteiger partial charge on any atom is 0.294 e. The van der Waals surface area contributed by atoms with Crippen molar-refractivity contribution in [2.24, 2.45) is 11.8 Å². The highest BCUT2D eigenvalue weighted by Gasteiger charge is 2.27. The van der Waals surface area contributed by atoms with E-state index in [1.54, 1.807) is 11.0 Å². The Morgan fingerprint density at radius 1 is 1.48 bits per heavy atom. The second kappa shape index (κ2) is 6.53. The summed E-state index contributed by atoms with van der Waals surface area (Å²) in [4.78, 5) is 24.8. The minimum Gasteiger partial charge on any atom is -0.339 e. The number of benzene rings is 1. The largest absolute Gasteiger partial charge is 0.339 e. The van der Waals surface area contributed by atoms with Crippen LogP contribution >= 0.6 is 0 Å². The lowest BCUT2D eigenvalue weighted by Gasteiger charge is -2.31. The highest BCUT2D eigenvalue weighted by atomic mass is 16.6. The lowest BCUT2D eigenvalue weighted by Crippen LogP contribution is -2.38. The van der Waals surface area contributed by atoms with Crippen molar-refractivity contribution < 1.29 is 9.72 Å². The number of nitrogen functional groups attached to an aromatic ring is 1. The second-order valence-electron chi connectivity index (χ2n) is 5.24. The Hall–Kier alpha value is -2.15. The Bertz CT molecular complexity index is 539. The molecule has 0 unspecified atom stereocenters. The van der Waals surface area contributed by atoms with Gasteiger partial charge in [0.1, 0.15) is 5.69 Å². The SMILES string of the molecule is CCC1CCN(C(=O)c2cccc([N+](=O)[O-])c2NN)CC1. The Kier molecular flexibility index (Phi) is 4.74. The van der Waals surface area contributed by atoms with E-state index in [2.05, 4.69) is 12.3 Å². The molecule has 1 aliphatic rings. The van der Waals surface area contributed by atoms with E-state index < -0.39 is 4.92 Å². The zero-order valence-corrected chi connectivity index (χ0v) is 12.0. The minimum absolute atomic E-state index is 0.0742. The number of hydrogen-bond donors (Lipinski definition) is 2. The molecule has 7 heteroatoms. The predicted octanol–water partition coefficient (Wildman–Crippen LogP) is 2.14. The molecule has 1 fully saturated rings. The van der Waals surface area contributed by atoms with Gasteiger partial charge in [0.05, 0.1) is 10.5 Å². The van der Waals surface area contributed by atoms with Crippen molar-refractivity contribution in [3.05, 3.63) is 33.9 Å². The fourth-order valence-electron chi connectivity index (χ4n) is 2.74.